The van der Waals surface area contributed by atoms with E-state index in [4.69, 9.17) is 0 Å². The van der Waals surface area contributed by atoms with Gasteiger partial charge in [0.15, 0.2) is 0 Å². The van der Waals surface area contributed by atoms with Gasteiger partial charge >= 0.3 is 0 Å². The van der Waals surface area contributed by atoms with Crippen LogP contribution in [0.5, 0.6) is 5.75 Å². The highest BCUT2D eigenvalue weighted by Crippen LogP contribution is 2.30. The van der Waals surface area contributed by atoms with E-state index in [2.05, 4.69) is 10.6 Å². The molecule has 7 nitrogen and oxygen atoms in total. The van der Waals surface area contributed by atoms with Gasteiger partial charge in [0.2, 0.25) is 11.8 Å². The van der Waals surface area contributed by atoms with Gasteiger partial charge in [-0.2, -0.15) is 0 Å². The minimum Gasteiger partial charge on any atom is -0.508 e. The number of anilines is 2. The van der Waals surface area contributed by atoms with Gasteiger partial charge in [-0.15, -0.1) is 0 Å². The van der Waals surface area contributed by atoms with Gasteiger partial charge < -0.3 is 15.3 Å². The fourth-order valence-electron chi connectivity index (χ4n) is 3.36. The fourth-order valence-corrected chi connectivity index (χ4v) is 3.36. The summed E-state index contributed by atoms with van der Waals surface area (Å²) in [6.07, 6.45) is 0.590. The third-order valence-electron chi connectivity index (χ3n) is 4.68. The summed E-state index contributed by atoms with van der Waals surface area (Å²) in [4.78, 5) is 37.5. The van der Waals surface area contributed by atoms with Crippen molar-refractivity contribution < 1.29 is 19.5 Å². The molecule has 2 aromatic carbocycles. The molecule has 26 heavy (non-hydrogen) atoms. The summed E-state index contributed by atoms with van der Waals surface area (Å²) in [7, 11) is 0. The van der Waals surface area contributed by atoms with E-state index < -0.39 is 11.9 Å². The van der Waals surface area contributed by atoms with Crippen molar-refractivity contribution in [1.82, 2.24) is 10.2 Å². The molecule has 2 aromatic rings. The predicted octanol–water partition coefficient (Wildman–Crippen LogP) is 1.90. The zero-order valence-corrected chi connectivity index (χ0v) is 13.9. The number of imide groups is 1. The zero-order chi connectivity index (χ0) is 18.3. The number of aromatic hydroxyl groups is 1. The molecule has 0 aliphatic carbocycles. The minimum absolute atomic E-state index is 0.189. The Kier molecular flexibility index (Phi) is 3.84. The van der Waals surface area contributed by atoms with Crippen LogP contribution in [0.2, 0.25) is 0 Å². The maximum Gasteiger partial charge on any atom is 0.255 e. The first kappa shape index (κ1) is 16.1. The summed E-state index contributed by atoms with van der Waals surface area (Å²) in [6, 6.07) is 11.5. The SMILES string of the molecule is O=C1CCC(N2Cc3cc(Nc4ccc(O)cc4)ccc3C2=O)C(=O)N1. The number of hydrogen-bond donors (Lipinski definition) is 3. The third-order valence-corrected chi connectivity index (χ3v) is 4.68. The van der Waals surface area contributed by atoms with Crippen molar-refractivity contribution in [2.75, 3.05) is 5.32 Å². The Morgan fingerprint density at radius 1 is 1.04 bits per heavy atom. The molecular formula is C19H17N3O4. The molecule has 0 aromatic heterocycles. The van der Waals surface area contributed by atoms with E-state index in [9.17, 15) is 19.5 Å². The number of nitrogens with zero attached hydrogens (tertiary/aromatic N) is 1. The van der Waals surface area contributed by atoms with Crippen molar-refractivity contribution >= 4 is 29.1 Å². The lowest BCUT2D eigenvalue weighted by Crippen LogP contribution is -2.52. The molecule has 1 saturated heterocycles. The molecule has 2 aliphatic heterocycles. The smallest absolute Gasteiger partial charge is 0.255 e. The first-order valence-electron chi connectivity index (χ1n) is 8.35. The van der Waals surface area contributed by atoms with Crippen LogP contribution in [0.4, 0.5) is 11.4 Å². The molecule has 7 heteroatoms. The molecule has 4 rings (SSSR count). The maximum atomic E-state index is 12.6. The van der Waals surface area contributed by atoms with Gasteiger partial charge in [-0.1, -0.05) is 0 Å². The lowest BCUT2D eigenvalue weighted by molar-refractivity contribution is -0.136. The second kappa shape index (κ2) is 6.18. The number of phenols is 1. The predicted molar refractivity (Wildman–Crippen MR) is 93.9 cm³/mol. The summed E-state index contributed by atoms with van der Waals surface area (Å²) < 4.78 is 0. The van der Waals surface area contributed by atoms with Crippen LogP contribution in [0.25, 0.3) is 0 Å². The standard InChI is InChI=1S/C19H17N3O4/c23-14-4-1-12(2-5-14)20-13-3-6-15-11(9-13)10-22(19(15)26)16-7-8-17(24)21-18(16)25/h1-6,9,16,20,23H,7-8,10H2,(H,21,24,25). The molecule has 1 atom stereocenters. The highest BCUT2D eigenvalue weighted by molar-refractivity contribution is 6.05. The number of nitrogens with one attached hydrogen (secondary N) is 2. The lowest BCUT2D eigenvalue weighted by Gasteiger charge is -2.29. The van der Waals surface area contributed by atoms with Crippen LogP contribution in [0, 0.1) is 0 Å². The molecule has 3 N–H and O–H groups in total. The Morgan fingerprint density at radius 2 is 1.77 bits per heavy atom. The van der Waals surface area contributed by atoms with Crippen molar-refractivity contribution in [3.8, 4) is 5.75 Å². The van der Waals surface area contributed by atoms with Gasteiger partial charge in [-0.25, -0.2) is 0 Å². The van der Waals surface area contributed by atoms with Crippen LogP contribution < -0.4 is 10.6 Å². The van der Waals surface area contributed by atoms with Crippen molar-refractivity contribution in [2.24, 2.45) is 0 Å². The first-order chi connectivity index (χ1) is 12.5. The second-order valence-corrected chi connectivity index (χ2v) is 6.44. The number of carbonyl (C=O) groups is 3. The van der Waals surface area contributed by atoms with Gasteiger partial charge in [0.1, 0.15) is 11.8 Å². The number of piperidine rings is 1. The molecule has 0 bridgehead atoms. The Morgan fingerprint density at radius 3 is 2.50 bits per heavy atom. The summed E-state index contributed by atoms with van der Waals surface area (Å²) in [6.45, 7) is 0.339. The summed E-state index contributed by atoms with van der Waals surface area (Å²) in [5, 5.41) is 14.9. The number of carbonyl (C=O) groups excluding carboxylic acids is 3. The molecule has 0 radical (unpaired) electrons. The molecule has 2 aliphatic rings. The maximum absolute atomic E-state index is 12.6. The Hall–Kier alpha value is -3.35. The number of fused-ring (bicyclic) bond motifs is 1. The fraction of sp³-hybridized carbons (Fsp3) is 0.211. The molecule has 3 amide bonds. The van der Waals surface area contributed by atoms with E-state index >= 15 is 0 Å². The minimum atomic E-state index is -0.610. The van der Waals surface area contributed by atoms with Crippen molar-refractivity contribution in [1.29, 1.82) is 0 Å². The highest BCUT2D eigenvalue weighted by atomic mass is 16.3. The quantitative estimate of drug-likeness (QED) is 0.579. The summed E-state index contributed by atoms with van der Waals surface area (Å²) >= 11 is 0. The number of amides is 3. The molecule has 1 fully saturated rings. The van der Waals surface area contributed by atoms with Gasteiger partial charge in [0, 0.05) is 29.9 Å². The van der Waals surface area contributed by atoms with Crippen LogP contribution in [-0.2, 0) is 16.1 Å². The van der Waals surface area contributed by atoms with Crippen LogP contribution >= 0.6 is 0 Å². The normalized spacial score (nSPS) is 19.3. The van der Waals surface area contributed by atoms with E-state index in [0.29, 0.717) is 18.5 Å². The van der Waals surface area contributed by atoms with Gasteiger partial charge in [-0.3, -0.25) is 19.7 Å². The molecule has 1 unspecified atom stereocenters. The van der Waals surface area contributed by atoms with Crippen LogP contribution in [0.1, 0.15) is 28.8 Å². The molecule has 0 saturated carbocycles. The average molecular weight is 351 g/mol. The van der Waals surface area contributed by atoms with E-state index in [1.54, 1.807) is 36.4 Å². The molecular weight excluding hydrogens is 334 g/mol. The Bertz CT molecular complexity index is 908. The molecule has 0 spiro atoms. The molecule has 132 valence electrons. The van der Waals surface area contributed by atoms with E-state index in [1.165, 1.54) is 4.90 Å². The number of benzene rings is 2. The van der Waals surface area contributed by atoms with Gasteiger partial charge in [-0.05, 0) is 54.4 Å². The van der Waals surface area contributed by atoms with E-state index in [-0.39, 0.29) is 24.0 Å². The van der Waals surface area contributed by atoms with Crippen LogP contribution in [0.3, 0.4) is 0 Å². The molecule has 2 heterocycles. The van der Waals surface area contributed by atoms with Crippen molar-refractivity contribution in [2.45, 2.75) is 25.4 Å². The van der Waals surface area contributed by atoms with E-state index in [0.717, 1.165) is 16.9 Å². The van der Waals surface area contributed by atoms with E-state index in [1.807, 2.05) is 6.07 Å². The number of phenolic OH excluding ortho intramolecular Hbond substituents is 1. The van der Waals surface area contributed by atoms with Crippen molar-refractivity contribution in [3.05, 3.63) is 53.6 Å². The van der Waals surface area contributed by atoms with Gasteiger partial charge in [0.25, 0.3) is 5.91 Å². The van der Waals surface area contributed by atoms with Crippen molar-refractivity contribution in [3.63, 3.8) is 0 Å². The van der Waals surface area contributed by atoms with Gasteiger partial charge in [0.05, 0.1) is 0 Å². The Balaban J connectivity index is 1.54. The lowest BCUT2D eigenvalue weighted by atomic mass is 10.0. The summed E-state index contributed by atoms with van der Waals surface area (Å²) in [5.74, 6) is -0.707. The number of rotatable bonds is 3. The monoisotopic (exact) mass is 351 g/mol. The van der Waals surface area contributed by atoms with Crippen LogP contribution in [-0.4, -0.2) is 33.8 Å². The topological polar surface area (TPSA) is 98.7 Å². The second-order valence-electron chi connectivity index (χ2n) is 6.44. The highest BCUT2D eigenvalue weighted by Gasteiger charge is 2.39. The largest absolute Gasteiger partial charge is 0.508 e. The average Bonchev–Trinajstić information content (AvgIpc) is 2.93. The zero-order valence-electron chi connectivity index (χ0n) is 13.9. The number of hydrogen-bond acceptors (Lipinski definition) is 5. The Labute approximate surface area is 149 Å². The first-order valence-corrected chi connectivity index (χ1v) is 8.35. The summed E-state index contributed by atoms with van der Waals surface area (Å²) in [5.41, 5.74) is 3.04. The van der Waals surface area contributed by atoms with Crippen LogP contribution in [0.15, 0.2) is 42.5 Å². The third kappa shape index (κ3) is 2.88.